The fourth-order valence-corrected chi connectivity index (χ4v) is 3.28. The minimum absolute atomic E-state index is 0.172. The average molecular weight is 251 g/mol. The van der Waals surface area contributed by atoms with Crippen LogP contribution in [0.15, 0.2) is 12.2 Å². The van der Waals surface area contributed by atoms with E-state index in [-0.39, 0.29) is 17.2 Å². The third-order valence-electron chi connectivity index (χ3n) is 3.81. The maximum atomic E-state index is 11.8. The smallest absolute Gasteiger partial charge is 0.136 e. The molecule has 18 heavy (non-hydrogen) atoms. The molecule has 3 nitrogen and oxygen atoms in total. The Morgan fingerprint density at radius 2 is 1.83 bits per heavy atom. The van der Waals surface area contributed by atoms with Gasteiger partial charge in [0.05, 0.1) is 6.10 Å². The van der Waals surface area contributed by atoms with Crippen molar-refractivity contribution < 1.29 is 9.63 Å². The molecule has 0 aromatic carbocycles. The van der Waals surface area contributed by atoms with Crippen LogP contribution in [-0.4, -0.2) is 28.0 Å². The number of rotatable bonds is 2. The van der Waals surface area contributed by atoms with Crippen molar-refractivity contribution in [2.75, 3.05) is 0 Å². The molecule has 1 atom stereocenters. The van der Waals surface area contributed by atoms with E-state index in [9.17, 15) is 4.79 Å². The van der Waals surface area contributed by atoms with Gasteiger partial charge in [0.15, 0.2) is 0 Å². The van der Waals surface area contributed by atoms with E-state index in [0.29, 0.717) is 18.6 Å². The summed E-state index contributed by atoms with van der Waals surface area (Å²) in [6, 6.07) is 0. The first-order chi connectivity index (χ1) is 8.31. The van der Waals surface area contributed by atoms with E-state index in [1.54, 1.807) is 0 Å². The van der Waals surface area contributed by atoms with Gasteiger partial charge in [-0.25, -0.2) is 0 Å². The first kappa shape index (κ1) is 13.8. The van der Waals surface area contributed by atoms with Crippen molar-refractivity contribution >= 4 is 5.78 Å². The van der Waals surface area contributed by atoms with E-state index in [0.717, 1.165) is 12.8 Å². The molecule has 1 aliphatic heterocycles. The fraction of sp³-hybridized carbons (Fsp3) is 0.800. The van der Waals surface area contributed by atoms with E-state index in [1.807, 2.05) is 0 Å². The van der Waals surface area contributed by atoms with Crippen LogP contribution < -0.4 is 0 Å². The molecule has 0 amide bonds. The van der Waals surface area contributed by atoms with Crippen LogP contribution in [0.4, 0.5) is 0 Å². The van der Waals surface area contributed by atoms with Crippen molar-refractivity contribution in [1.82, 2.24) is 5.06 Å². The van der Waals surface area contributed by atoms with Crippen LogP contribution in [0.25, 0.3) is 0 Å². The van der Waals surface area contributed by atoms with Crippen molar-refractivity contribution in [2.45, 2.75) is 77.0 Å². The Hall–Kier alpha value is -0.670. The summed E-state index contributed by atoms with van der Waals surface area (Å²) < 4.78 is 0. The normalized spacial score (nSPS) is 31.6. The van der Waals surface area contributed by atoms with Crippen LogP contribution >= 0.6 is 0 Å². The number of hydroxylamine groups is 2. The van der Waals surface area contributed by atoms with Crippen molar-refractivity contribution in [3.63, 3.8) is 0 Å². The average Bonchev–Trinajstić information content (AvgIpc) is 2.23. The third-order valence-corrected chi connectivity index (χ3v) is 3.81. The number of carbonyl (C=O) groups excluding carboxylic acids is 1. The highest BCUT2D eigenvalue weighted by Gasteiger charge is 2.46. The summed E-state index contributed by atoms with van der Waals surface area (Å²) in [5, 5.41) is 2.07. The number of carbonyl (C=O) groups is 1. The van der Waals surface area contributed by atoms with E-state index in [2.05, 4.69) is 44.9 Å². The van der Waals surface area contributed by atoms with E-state index < -0.39 is 0 Å². The zero-order valence-electron chi connectivity index (χ0n) is 12.0. The standard InChI is InChI=1S/C15H25NO2/c1-14(2)10-12(17)11-15(3,4)16(14)18-13-8-6-5-7-9-13/h6,8,13H,5,7,9-11H2,1-4H3. The van der Waals surface area contributed by atoms with Crippen molar-refractivity contribution in [2.24, 2.45) is 0 Å². The summed E-state index contributed by atoms with van der Waals surface area (Å²) >= 11 is 0. The summed E-state index contributed by atoms with van der Waals surface area (Å²) in [5.74, 6) is 0.337. The van der Waals surface area contributed by atoms with Gasteiger partial charge in [-0.15, -0.1) is 0 Å². The second-order valence-electron chi connectivity index (χ2n) is 6.81. The van der Waals surface area contributed by atoms with Gasteiger partial charge in [0.25, 0.3) is 0 Å². The molecule has 1 saturated heterocycles. The maximum Gasteiger partial charge on any atom is 0.136 e. The lowest BCUT2D eigenvalue weighted by molar-refractivity contribution is -0.291. The molecule has 2 rings (SSSR count). The Morgan fingerprint density at radius 1 is 1.22 bits per heavy atom. The SMILES string of the molecule is CC1(C)CC(=O)CC(C)(C)N1OC1C=CCCC1. The topological polar surface area (TPSA) is 29.5 Å². The van der Waals surface area contributed by atoms with E-state index >= 15 is 0 Å². The van der Waals surface area contributed by atoms with Crippen LogP contribution in [0.2, 0.25) is 0 Å². The number of hydrogen-bond acceptors (Lipinski definition) is 3. The van der Waals surface area contributed by atoms with Crippen LogP contribution in [0.1, 0.15) is 59.8 Å². The zero-order valence-corrected chi connectivity index (χ0v) is 12.0. The Kier molecular flexibility index (Phi) is 3.65. The number of piperidine rings is 1. The maximum absolute atomic E-state index is 11.8. The van der Waals surface area contributed by atoms with Gasteiger partial charge in [0.1, 0.15) is 5.78 Å². The first-order valence-electron chi connectivity index (χ1n) is 6.97. The minimum Gasteiger partial charge on any atom is -0.300 e. The van der Waals surface area contributed by atoms with Gasteiger partial charge < -0.3 is 0 Å². The molecule has 1 fully saturated rings. The van der Waals surface area contributed by atoms with E-state index in [1.165, 1.54) is 6.42 Å². The summed E-state index contributed by atoms with van der Waals surface area (Å²) in [5.41, 5.74) is -0.436. The van der Waals surface area contributed by atoms with Gasteiger partial charge in [-0.3, -0.25) is 9.63 Å². The molecule has 3 heteroatoms. The van der Waals surface area contributed by atoms with Crippen molar-refractivity contribution in [3.05, 3.63) is 12.2 Å². The second-order valence-corrected chi connectivity index (χ2v) is 6.81. The molecule has 0 aromatic rings. The highest BCUT2D eigenvalue weighted by Crippen LogP contribution is 2.37. The molecule has 1 unspecified atom stereocenters. The lowest BCUT2D eigenvalue weighted by atomic mass is 9.81. The lowest BCUT2D eigenvalue weighted by Gasteiger charge is -2.51. The molecule has 102 valence electrons. The molecule has 0 spiro atoms. The van der Waals surface area contributed by atoms with Gasteiger partial charge in [-0.2, -0.15) is 5.06 Å². The molecular weight excluding hydrogens is 226 g/mol. The van der Waals surface area contributed by atoms with Gasteiger partial charge in [0.2, 0.25) is 0 Å². The minimum atomic E-state index is -0.218. The molecule has 1 heterocycles. The Balaban J connectivity index is 2.14. The largest absolute Gasteiger partial charge is 0.300 e. The lowest BCUT2D eigenvalue weighted by Crippen LogP contribution is -2.61. The fourth-order valence-electron chi connectivity index (χ4n) is 3.28. The van der Waals surface area contributed by atoms with Crippen molar-refractivity contribution in [3.8, 4) is 0 Å². The highest BCUT2D eigenvalue weighted by molar-refractivity contribution is 5.81. The molecular formula is C15H25NO2. The Bertz CT molecular complexity index is 338. The number of allylic oxidation sites excluding steroid dienone is 1. The van der Waals surface area contributed by atoms with Gasteiger partial charge in [-0.05, 0) is 47.0 Å². The summed E-state index contributed by atoms with van der Waals surface area (Å²) in [6.07, 6.45) is 9.10. The first-order valence-corrected chi connectivity index (χ1v) is 6.97. The molecule has 0 aromatic heterocycles. The Morgan fingerprint density at radius 3 is 2.33 bits per heavy atom. The molecule has 0 bridgehead atoms. The van der Waals surface area contributed by atoms with Gasteiger partial charge >= 0.3 is 0 Å². The quantitative estimate of drug-likeness (QED) is 0.706. The molecule has 0 N–H and O–H groups in total. The number of nitrogens with zero attached hydrogens (tertiary/aromatic N) is 1. The molecule has 2 aliphatic rings. The molecule has 1 aliphatic carbocycles. The van der Waals surface area contributed by atoms with Gasteiger partial charge in [-0.1, -0.05) is 12.2 Å². The monoisotopic (exact) mass is 251 g/mol. The summed E-state index contributed by atoms with van der Waals surface area (Å²) in [7, 11) is 0. The summed E-state index contributed by atoms with van der Waals surface area (Å²) in [4.78, 5) is 18.0. The van der Waals surface area contributed by atoms with Crippen molar-refractivity contribution in [1.29, 1.82) is 0 Å². The van der Waals surface area contributed by atoms with Crippen LogP contribution in [0.3, 0.4) is 0 Å². The van der Waals surface area contributed by atoms with Gasteiger partial charge in [0, 0.05) is 23.9 Å². The summed E-state index contributed by atoms with van der Waals surface area (Å²) in [6.45, 7) is 8.38. The number of hydrogen-bond donors (Lipinski definition) is 0. The number of Topliss-reactive ketones (excluding diaryl/α,β-unsaturated/α-hetero) is 1. The van der Waals surface area contributed by atoms with Crippen LogP contribution in [0, 0.1) is 0 Å². The van der Waals surface area contributed by atoms with E-state index in [4.69, 9.17) is 4.84 Å². The number of ketones is 1. The predicted molar refractivity (Wildman–Crippen MR) is 72.1 cm³/mol. The second kappa shape index (κ2) is 4.78. The molecule has 0 radical (unpaired) electrons. The van der Waals surface area contributed by atoms with Crippen LogP contribution in [-0.2, 0) is 9.63 Å². The third kappa shape index (κ3) is 2.83. The zero-order chi connectivity index (χ0) is 13.4. The predicted octanol–water partition coefficient (Wildman–Crippen LogP) is 3.25. The molecule has 0 saturated carbocycles. The van der Waals surface area contributed by atoms with Crippen LogP contribution in [0.5, 0.6) is 0 Å². The Labute approximate surface area is 110 Å². The highest BCUT2D eigenvalue weighted by atomic mass is 16.7.